The fourth-order valence-corrected chi connectivity index (χ4v) is 2.47. The van der Waals surface area contributed by atoms with Crippen LogP contribution in [-0.2, 0) is 16.1 Å². The molecule has 0 fully saturated rings. The lowest BCUT2D eigenvalue weighted by atomic mass is 10.2. The standard InChI is InChI=1S/C19H22N4O5/c24-18(22-15-6-8-16(9-7-15)23(27)28)12-17(19(25)26)21-11-10-20-13-14-4-2-1-3-5-14/h1-9,17,20-21H,10-13H2,(H,22,24)(H,25,26)/t17-/m0/s1. The van der Waals surface area contributed by atoms with E-state index in [2.05, 4.69) is 16.0 Å². The predicted octanol–water partition coefficient (Wildman–Crippen LogP) is 1.76. The van der Waals surface area contributed by atoms with E-state index in [1.165, 1.54) is 24.3 Å². The maximum absolute atomic E-state index is 12.1. The first-order valence-electron chi connectivity index (χ1n) is 8.71. The van der Waals surface area contributed by atoms with Crippen molar-refractivity contribution < 1.29 is 19.6 Å². The van der Waals surface area contributed by atoms with Crippen molar-refractivity contribution in [2.24, 2.45) is 0 Å². The zero-order valence-corrected chi connectivity index (χ0v) is 15.1. The molecule has 9 heteroatoms. The van der Waals surface area contributed by atoms with Crippen molar-refractivity contribution in [3.05, 3.63) is 70.3 Å². The summed E-state index contributed by atoms with van der Waals surface area (Å²) >= 11 is 0. The van der Waals surface area contributed by atoms with Gasteiger partial charge in [-0.3, -0.25) is 19.7 Å². The van der Waals surface area contributed by atoms with Crippen LogP contribution in [0.3, 0.4) is 0 Å². The minimum atomic E-state index is -1.12. The Morgan fingerprint density at radius 2 is 1.71 bits per heavy atom. The third-order valence-corrected chi connectivity index (χ3v) is 3.91. The number of hydrogen-bond acceptors (Lipinski definition) is 6. The van der Waals surface area contributed by atoms with Crippen molar-refractivity contribution in [2.75, 3.05) is 18.4 Å². The lowest BCUT2D eigenvalue weighted by Crippen LogP contribution is -2.42. The van der Waals surface area contributed by atoms with Gasteiger partial charge in [-0.1, -0.05) is 30.3 Å². The van der Waals surface area contributed by atoms with Crippen molar-refractivity contribution in [3.8, 4) is 0 Å². The number of carboxylic acids is 1. The number of amides is 1. The van der Waals surface area contributed by atoms with Crippen LogP contribution in [0, 0.1) is 10.1 Å². The molecule has 28 heavy (non-hydrogen) atoms. The molecule has 2 aromatic carbocycles. The predicted molar refractivity (Wildman–Crippen MR) is 104 cm³/mol. The maximum Gasteiger partial charge on any atom is 0.321 e. The van der Waals surface area contributed by atoms with E-state index in [4.69, 9.17) is 0 Å². The summed E-state index contributed by atoms with van der Waals surface area (Å²) in [6, 6.07) is 14.1. The minimum Gasteiger partial charge on any atom is -0.480 e. The summed E-state index contributed by atoms with van der Waals surface area (Å²) in [6.07, 6.45) is -0.259. The molecule has 9 nitrogen and oxygen atoms in total. The molecule has 0 radical (unpaired) electrons. The molecule has 0 saturated heterocycles. The molecule has 0 bridgehead atoms. The number of hydrogen-bond donors (Lipinski definition) is 4. The van der Waals surface area contributed by atoms with Gasteiger partial charge in [-0.05, 0) is 17.7 Å². The number of nitro groups is 1. The van der Waals surface area contributed by atoms with Crippen molar-refractivity contribution in [1.82, 2.24) is 10.6 Å². The Balaban J connectivity index is 1.74. The number of carboxylic acid groups (broad SMARTS) is 1. The zero-order chi connectivity index (χ0) is 20.4. The number of carbonyl (C=O) groups excluding carboxylic acids is 1. The topological polar surface area (TPSA) is 134 Å². The molecule has 148 valence electrons. The zero-order valence-electron chi connectivity index (χ0n) is 15.1. The number of nitro benzene ring substituents is 1. The Kier molecular flexibility index (Phi) is 8.07. The molecule has 2 aromatic rings. The molecule has 0 saturated carbocycles. The van der Waals surface area contributed by atoms with E-state index in [0.717, 1.165) is 5.56 Å². The highest BCUT2D eigenvalue weighted by Gasteiger charge is 2.20. The van der Waals surface area contributed by atoms with E-state index in [9.17, 15) is 24.8 Å². The SMILES string of the molecule is O=C(C[C@H](NCCNCc1ccccc1)C(=O)O)Nc1ccc([N+](=O)[O-])cc1. The summed E-state index contributed by atoms with van der Waals surface area (Å²) in [6.45, 7) is 1.60. The van der Waals surface area contributed by atoms with Crippen LogP contribution in [-0.4, -0.2) is 41.0 Å². The Morgan fingerprint density at radius 3 is 2.32 bits per heavy atom. The van der Waals surface area contributed by atoms with Gasteiger partial charge < -0.3 is 21.1 Å². The number of nitrogens with zero attached hydrogens (tertiary/aromatic N) is 1. The second-order valence-electron chi connectivity index (χ2n) is 6.06. The van der Waals surface area contributed by atoms with Gasteiger partial charge in [0.25, 0.3) is 5.69 Å². The number of anilines is 1. The maximum atomic E-state index is 12.1. The molecule has 4 N–H and O–H groups in total. The van der Waals surface area contributed by atoms with E-state index < -0.39 is 22.8 Å². The van der Waals surface area contributed by atoms with Crippen LogP contribution in [0.2, 0.25) is 0 Å². The van der Waals surface area contributed by atoms with Gasteiger partial charge in [0.15, 0.2) is 0 Å². The third-order valence-electron chi connectivity index (χ3n) is 3.91. The van der Waals surface area contributed by atoms with Gasteiger partial charge in [-0.2, -0.15) is 0 Å². The van der Waals surface area contributed by atoms with Crippen LogP contribution in [0.25, 0.3) is 0 Å². The second kappa shape index (κ2) is 10.8. The summed E-state index contributed by atoms with van der Waals surface area (Å²) in [5, 5.41) is 28.5. The number of aliphatic carboxylic acids is 1. The largest absolute Gasteiger partial charge is 0.480 e. The summed E-state index contributed by atoms with van der Waals surface area (Å²) in [5.41, 5.74) is 1.40. The van der Waals surface area contributed by atoms with Crippen LogP contribution in [0.5, 0.6) is 0 Å². The van der Waals surface area contributed by atoms with Gasteiger partial charge in [0.05, 0.1) is 11.3 Å². The third kappa shape index (κ3) is 7.14. The van der Waals surface area contributed by atoms with E-state index in [0.29, 0.717) is 25.3 Å². The van der Waals surface area contributed by atoms with Gasteiger partial charge in [0, 0.05) is 37.5 Å². The number of benzene rings is 2. The van der Waals surface area contributed by atoms with E-state index >= 15 is 0 Å². The van der Waals surface area contributed by atoms with Gasteiger partial charge in [0.1, 0.15) is 6.04 Å². The quantitative estimate of drug-likeness (QED) is 0.263. The average molecular weight is 386 g/mol. The van der Waals surface area contributed by atoms with Gasteiger partial charge in [0.2, 0.25) is 5.91 Å². The van der Waals surface area contributed by atoms with Crippen LogP contribution >= 0.6 is 0 Å². The molecule has 0 spiro atoms. The van der Waals surface area contributed by atoms with Crippen molar-refractivity contribution >= 4 is 23.3 Å². The Morgan fingerprint density at radius 1 is 1.04 bits per heavy atom. The second-order valence-corrected chi connectivity index (χ2v) is 6.06. The van der Waals surface area contributed by atoms with Crippen LogP contribution < -0.4 is 16.0 Å². The summed E-state index contributed by atoms with van der Waals surface area (Å²) in [7, 11) is 0. The number of rotatable bonds is 11. The monoisotopic (exact) mass is 386 g/mol. The lowest BCUT2D eigenvalue weighted by molar-refractivity contribution is -0.384. The molecular weight excluding hydrogens is 364 g/mol. The molecule has 0 aliphatic carbocycles. The molecule has 2 rings (SSSR count). The molecule has 0 aliphatic heterocycles. The van der Waals surface area contributed by atoms with Gasteiger partial charge >= 0.3 is 5.97 Å². The number of carbonyl (C=O) groups is 2. The van der Waals surface area contributed by atoms with Crippen molar-refractivity contribution in [3.63, 3.8) is 0 Å². The molecule has 0 aliphatic rings. The average Bonchev–Trinajstić information content (AvgIpc) is 2.68. The normalized spacial score (nSPS) is 11.6. The Bertz CT molecular complexity index is 796. The van der Waals surface area contributed by atoms with E-state index in [1.807, 2.05) is 30.3 Å². The first kappa shape index (κ1) is 21.0. The molecule has 1 amide bonds. The molecule has 0 aromatic heterocycles. The van der Waals surface area contributed by atoms with Gasteiger partial charge in [-0.15, -0.1) is 0 Å². The first-order valence-corrected chi connectivity index (χ1v) is 8.71. The number of nitrogens with one attached hydrogen (secondary N) is 3. The van der Waals surface area contributed by atoms with Crippen LogP contribution in [0.4, 0.5) is 11.4 Å². The highest BCUT2D eigenvalue weighted by Crippen LogP contribution is 2.15. The Hall–Kier alpha value is -3.30. The molecule has 1 atom stereocenters. The highest BCUT2D eigenvalue weighted by molar-refractivity contribution is 5.94. The minimum absolute atomic E-state index is 0.0916. The fraction of sp³-hybridized carbons (Fsp3) is 0.263. The highest BCUT2D eigenvalue weighted by atomic mass is 16.6. The fourth-order valence-electron chi connectivity index (χ4n) is 2.47. The molecule has 0 unspecified atom stereocenters. The summed E-state index contributed by atoms with van der Waals surface area (Å²) < 4.78 is 0. The van der Waals surface area contributed by atoms with E-state index in [1.54, 1.807) is 0 Å². The Labute approximate surface area is 161 Å². The number of non-ortho nitro benzene ring substituents is 1. The van der Waals surface area contributed by atoms with Crippen molar-refractivity contribution in [2.45, 2.75) is 19.0 Å². The van der Waals surface area contributed by atoms with Gasteiger partial charge in [-0.25, -0.2) is 0 Å². The first-order chi connectivity index (χ1) is 13.5. The smallest absolute Gasteiger partial charge is 0.321 e. The van der Waals surface area contributed by atoms with E-state index in [-0.39, 0.29) is 12.1 Å². The molecule has 0 heterocycles. The summed E-state index contributed by atoms with van der Waals surface area (Å²) in [4.78, 5) is 33.5. The summed E-state index contributed by atoms with van der Waals surface area (Å²) in [5.74, 6) is -1.62. The van der Waals surface area contributed by atoms with Crippen molar-refractivity contribution in [1.29, 1.82) is 0 Å². The van der Waals surface area contributed by atoms with Crippen LogP contribution in [0.1, 0.15) is 12.0 Å². The van der Waals surface area contributed by atoms with Crippen LogP contribution in [0.15, 0.2) is 54.6 Å². The lowest BCUT2D eigenvalue weighted by Gasteiger charge is -2.15. The molecular formula is C19H22N4O5.